The van der Waals surface area contributed by atoms with E-state index in [0.29, 0.717) is 0 Å². The number of para-hydroxylation sites is 4. The lowest BCUT2D eigenvalue weighted by Crippen LogP contribution is -2.55. The van der Waals surface area contributed by atoms with Crippen molar-refractivity contribution in [3.05, 3.63) is 192 Å². The summed E-state index contributed by atoms with van der Waals surface area (Å²) in [5, 5.41) is 8.60. The van der Waals surface area contributed by atoms with Crippen molar-refractivity contribution in [2.24, 2.45) is 0 Å². The number of nitrogens with zero attached hydrogens (tertiary/aromatic N) is 2. The maximum atomic E-state index is 2.60. The Hall–Kier alpha value is -6.42. The standard InChI is InChI=1S/C52H38N2Si/c1-55(2,49-25-13-21-35-37-27-29-47-51(43(37)31-41(35)49)39-19-9-11-23-45(39)53(47)33-15-5-3-6-16-33)50-26-14-22-36-38-28-30-48-52(44(38)32-42(36)50)40-20-10-12-24-46(40)54(48)34-17-7-4-8-18-34/h3-30H,31-32H2,1-2H3. The third-order valence-electron chi connectivity index (χ3n) is 12.9. The van der Waals surface area contributed by atoms with Crippen molar-refractivity contribution in [1.29, 1.82) is 0 Å². The molecule has 0 amide bonds. The number of rotatable bonds is 4. The second kappa shape index (κ2) is 11.3. The number of hydrogen-bond donors (Lipinski definition) is 0. The van der Waals surface area contributed by atoms with E-state index in [9.17, 15) is 0 Å². The monoisotopic (exact) mass is 718 g/mol. The van der Waals surface area contributed by atoms with Gasteiger partial charge in [0.1, 0.15) is 8.07 Å². The highest BCUT2D eigenvalue weighted by molar-refractivity contribution is 7.01. The van der Waals surface area contributed by atoms with E-state index < -0.39 is 8.07 Å². The predicted octanol–water partition coefficient (Wildman–Crippen LogP) is 11.8. The van der Waals surface area contributed by atoms with Gasteiger partial charge >= 0.3 is 0 Å². The van der Waals surface area contributed by atoms with Crippen LogP contribution in [0.1, 0.15) is 22.3 Å². The first-order valence-electron chi connectivity index (χ1n) is 19.5. The summed E-state index contributed by atoms with van der Waals surface area (Å²) in [6.07, 6.45) is 1.93. The van der Waals surface area contributed by atoms with Crippen LogP contribution in [-0.4, -0.2) is 17.2 Å². The van der Waals surface area contributed by atoms with E-state index >= 15 is 0 Å². The minimum Gasteiger partial charge on any atom is -0.309 e. The third kappa shape index (κ3) is 4.19. The largest absolute Gasteiger partial charge is 0.309 e. The Morgan fingerprint density at radius 2 is 0.745 bits per heavy atom. The predicted molar refractivity (Wildman–Crippen MR) is 235 cm³/mol. The summed E-state index contributed by atoms with van der Waals surface area (Å²) in [5.41, 5.74) is 19.1. The van der Waals surface area contributed by atoms with Crippen LogP contribution in [0.5, 0.6) is 0 Å². The van der Waals surface area contributed by atoms with Gasteiger partial charge in [0.15, 0.2) is 0 Å². The molecule has 55 heavy (non-hydrogen) atoms. The lowest BCUT2D eigenvalue weighted by Gasteiger charge is -2.29. The van der Waals surface area contributed by atoms with Crippen molar-refractivity contribution >= 4 is 62.1 Å². The second-order valence-electron chi connectivity index (χ2n) is 16.0. The molecule has 0 unspecified atom stereocenters. The summed E-state index contributed by atoms with van der Waals surface area (Å²) >= 11 is 0. The first kappa shape index (κ1) is 31.0. The Morgan fingerprint density at radius 1 is 0.345 bits per heavy atom. The Kier molecular flexibility index (Phi) is 6.36. The van der Waals surface area contributed by atoms with Gasteiger partial charge < -0.3 is 9.13 Å². The number of fused-ring (bicyclic) bond motifs is 14. The molecule has 0 spiro atoms. The fourth-order valence-electron chi connectivity index (χ4n) is 10.6. The van der Waals surface area contributed by atoms with Crippen molar-refractivity contribution in [1.82, 2.24) is 9.13 Å². The van der Waals surface area contributed by atoms with Crippen LogP contribution in [0.2, 0.25) is 13.1 Å². The first-order valence-corrected chi connectivity index (χ1v) is 22.5. The lowest BCUT2D eigenvalue weighted by molar-refractivity contribution is 1.18. The molecule has 10 aromatic rings. The molecule has 0 saturated carbocycles. The Balaban J connectivity index is 1.01. The molecule has 2 nitrogen and oxygen atoms in total. The van der Waals surface area contributed by atoms with Gasteiger partial charge in [0.05, 0.1) is 22.1 Å². The van der Waals surface area contributed by atoms with Gasteiger partial charge in [0.2, 0.25) is 0 Å². The maximum Gasteiger partial charge on any atom is 0.113 e. The zero-order valence-corrected chi connectivity index (χ0v) is 32.0. The maximum absolute atomic E-state index is 2.60. The molecule has 0 atom stereocenters. The van der Waals surface area contributed by atoms with E-state index in [2.05, 4.69) is 192 Å². The Morgan fingerprint density at radius 3 is 1.20 bits per heavy atom. The van der Waals surface area contributed by atoms with E-state index in [-0.39, 0.29) is 0 Å². The average Bonchev–Trinajstić information content (AvgIpc) is 3.98. The summed E-state index contributed by atoms with van der Waals surface area (Å²) in [4.78, 5) is 0. The molecule has 12 rings (SSSR count). The van der Waals surface area contributed by atoms with Crippen molar-refractivity contribution in [3.8, 4) is 33.6 Å². The summed E-state index contributed by atoms with van der Waals surface area (Å²) < 4.78 is 4.90. The molecule has 0 bridgehead atoms. The SMILES string of the molecule is C[Si](C)(c1cccc2c1Cc1c-2ccc2c1c1ccccc1n2-c1ccccc1)c1cccc2c1Cc1c-2ccc2c1c1ccccc1n2-c1ccccc1. The molecule has 0 saturated heterocycles. The van der Waals surface area contributed by atoms with Crippen molar-refractivity contribution in [3.63, 3.8) is 0 Å². The molecule has 0 N–H and O–H groups in total. The Labute approximate surface area is 321 Å². The molecule has 8 aromatic carbocycles. The highest BCUT2D eigenvalue weighted by Gasteiger charge is 2.37. The number of benzene rings is 8. The summed E-state index contributed by atoms with van der Waals surface area (Å²) in [6.45, 7) is 5.19. The van der Waals surface area contributed by atoms with Gasteiger partial charge in [0.25, 0.3) is 0 Å². The zero-order chi connectivity index (χ0) is 36.4. The van der Waals surface area contributed by atoms with E-state index in [1.54, 1.807) is 10.4 Å². The lowest BCUT2D eigenvalue weighted by atomic mass is 10.0. The van der Waals surface area contributed by atoms with E-state index in [1.807, 2.05) is 0 Å². The highest BCUT2D eigenvalue weighted by Crippen LogP contribution is 2.46. The zero-order valence-electron chi connectivity index (χ0n) is 31.0. The molecule has 2 aliphatic carbocycles. The fourth-order valence-corrected chi connectivity index (χ4v) is 13.8. The van der Waals surface area contributed by atoms with Crippen LogP contribution in [-0.2, 0) is 12.8 Å². The molecule has 0 radical (unpaired) electrons. The van der Waals surface area contributed by atoms with Gasteiger partial charge in [-0.1, -0.05) is 145 Å². The van der Waals surface area contributed by atoms with Crippen molar-refractivity contribution in [2.45, 2.75) is 25.9 Å². The number of hydrogen-bond acceptors (Lipinski definition) is 0. The molecule has 260 valence electrons. The van der Waals surface area contributed by atoms with Crippen LogP contribution in [0.15, 0.2) is 170 Å². The fraction of sp³-hybridized carbons (Fsp3) is 0.0769. The van der Waals surface area contributed by atoms with Crippen LogP contribution in [0.25, 0.3) is 77.2 Å². The smallest absolute Gasteiger partial charge is 0.113 e. The summed E-state index contributed by atoms with van der Waals surface area (Å²) in [7, 11) is -2.20. The molecule has 2 aromatic heterocycles. The van der Waals surface area contributed by atoms with Gasteiger partial charge in [-0.25, -0.2) is 0 Å². The molecule has 3 heteroatoms. The third-order valence-corrected chi connectivity index (χ3v) is 16.5. The minimum absolute atomic E-state index is 0.965. The molecule has 0 aliphatic heterocycles. The van der Waals surface area contributed by atoms with E-state index in [0.717, 1.165) is 12.8 Å². The normalized spacial score (nSPS) is 13.1. The van der Waals surface area contributed by atoms with Crippen LogP contribution in [0.3, 0.4) is 0 Å². The topological polar surface area (TPSA) is 9.86 Å². The molecule has 2 aliphatic rings. The van der Waals surface area contributed by atoms with Crippen LogP contribution < -0.4 is 10.4 Å². The minimum atomic E-state index is -2.20. The first-order chi connectivity index (χ1) is 27.1. The number of aromatic nitrogens is 2. The van der Waals surface area contributed by atoms with Crippen LogP contribution in [0.4, 0.5) is 0 Å². The second-order valence-corrected chi connectivity index (χ2v) is 20.3. The van der Waals surface area contributed by atoms with Gasteiger partial charge in [-0.05, 0) is 106 Å². The van der Waals surface area contributed by atoms with Gasteiger partial charge in [-0.15, -0.1) is 0 Å². The van der Waals surface area contributed by atoms with Gasteiger partial charge in [0, 0.05) is 32.9 Å². The Bertz CT molecular complexity index is 3000. The van der Waals surface area contributed by atoms with E-state index in [4.69, 9.17) is 0 Å². The molecule has 0 fully saturated rings. The molecular weight excluding hydrogens is 681 g/mol. The average molecular weight is 719 g/mol. The summed E-state index contributed by atoms with van der Waals surface area (Å²) in [5.74, 6) is 0. The van der Waals surface area contributed by atoms with Crippen molar-refractivity contribution < 1.29 is 0 Å². The van der Waals surface area contributed by atoms with Gasteiger partial charge in [-0.2, -0.15) is 0 Å². The van der Waals surface area contributed by atoms with Crippen molar-refractivity contribution in [2.75, 3.05) is 0 Å². The molecular formula is C52H38N2Si. The molecule has 2 heterocycles. The van der Waals surface area contributed by atoms with Crippen LogP contribution >= 0.6 is 0 Å². The quantitative estimate of drug-likeness (QED) is 0.160. The van der Waals surface area contributed by atoms with Crippen LogP contribution in [0, 0.1) is 0 Å². The summed E-state index contributed by atoms with van der Waals surface area (Å²) in [6, 6.07) is 63.5. The highest BCUT2D eigenvalue weighted by atomic mass is 28.3. The van der Waals surface area contributed by atoms with Gasteiger partial charge in [-0.3, -0.25) is 0 Å². The van der Waals surface area contributed by atoms with E-state index in [1.165, 1.54) is 99.5 Å².